The number of halogens is 3. The molecule has 4 nitrogen and oxygen atoms in total. The quantitative estimate of drug-likeness (QED) is 0.797. The number of nitrogens with zero attached hydrogens (tertiary/aromatic N) is 1. The van der Waals surface area contributed by atoms with Crippen molar-refractivity contribution in [2.45, 2.75) is 24.9 Å². The third-order valence-electron chi connectivity index (χ3n) is 4.32. The predicted molar refractivity (Wildman–Crippen MR) is 90.5 cm³/mol. The van der Waals surface area contributed by atoms with Gasteiger partial charge in [-0.1, -0.05) is 24.3 Å². The monoisotopic (exact) mass is 364 g/mol. The number of ketones is 1. The van der Waals surface area contributed by atoms with Crippen molar-refractivity contribution in [1.82, 2.24) is 10.3 Å². The Kier molecular flexibility index (Phi) is 5.56. The lowest BCUT2D eigenvalue weighted by molar-refractivity contribution is -0.154. The van der Waals surface area contributed by atoms with Gasteiger partial charge in [0, 0.05) is 30.8 Å². The van der Waals surface area contributed by atoms with Gasteiger partial charge in [0.2, 0.25) is 5.88 Å². The number of hydrogen-bond donors (Lipinski definition) is 1. The minimum atomic E-state index is -4.42. The van der Waals surface area contributed by atoms with E-state index in [2.05, 4.69) is 15.0 Å². The second kappa shape index (κ2) is 7.86. The van der Waals surface area contributed by atoms with E-state index in [0.717, 1.165) is 25.1 Å². The van der Waals surface area contributed by atoms with Gasteiger partial charge in [-0.3, -0.25) is 4.79 Å². The molecule has 1 aromatic carbocycles. The number of rotatable bonds is 6. The standard InChI is InChI=1S/C19H19F3N2O2/c20-19(21,22)12-26-18-6-5-16(11-24-18)17(25)9-13-1-3-14(4-2-13)15-7-8-23-10-15/h1-6,11,15,23H,7-10,12H2. The van der Waals surface area contributed by atoms with Crippen molar-refractivity contribution in [1.29, 1.82) is 0 Å². The first-order valence-corrected chi connectivity index (χ1v) is 8.39. The molecule has 1 fully saturated rings. The van der Waals surface area contributed by atoms with Crippen LogP contribution in [0, 0.1) is 0 Å². The molecule has 1 aromatic heterocycles. The molecule has 0 bridgehead atoms. The highest BCUT2D eigenvalue weighted by Crippen LogP contribution is 2.23. The number of nitrogens with one attached hydrogen (secondary N) is 1. The average Bonchev–Trinajstić information content (AvgIpc) is 3.15. The minimum absolute atomic E-state index is 0.143. The Morgan fingerprint density at radius 2 is 1.96 bits per heavy atom. The Bertz CT molecular complexity index is 737. The van der Waals surface area contributed by atoms with Crippen LogP contribution in [0.25, 0.3) is 0 Å². The van der Waals surface area contributed by atoms with Crippen LogP contribution in [-0.2, 0) is 6.42 Å². The minimum Gasteiger partial charge on any atom is -0.468 e. The highest BCUT2D eigenvalue weighted by molar-refractivity contribution is 5.97. The number of ether oxygens (including phenoxy) is 1. The molecule has 26 heavy (non-hydrogen) atoms. The second-order valence-corrected chi connectivity index (χ2v) is 6.32. The Labute approximate surface area is 149 Å². The topological polar surface area (TPSA) is 51.2 Å². The van der Waals surface area contributed by atoms with E-state index >= 15 is 0 Å². The fraction of sp³-hybridized carbons (Fsp3) is 0.368. The van der Waals surface area contributed by atoms with Crippen LogP contribution in [0.2, 0.25) is 0 Å². The normalized spacial score (nSPS) is 17.3. The van der Waals surface area contributed by atoms with E-state index in [4.69, 9.17) is 0 Å². The summed E-state index contributed by atoms with van der Waals surface area (Å²) in [6.45, 7) is 0.601. The van der Waals surface area contributed by atoms with E-state index < -0.39 is 12.8 Å². The molecule has 1 unspecified atom stereocenters. The summed E-state index contributed by atoms with van der Waals surface area (Å²) >= 11 is 0. The summed E-state index contributed by atoms with van der Waals surface area (Å²) in [5.74, 6) is 0.219. The average molecular weight is 364 g/mol. The molecule has 2 heterocycles. The van der Waals surface area contributed by atoms with Gasteiger partial charge in [-0.05, 0) is 36.1 Å². The number of hydrogen-bond acceptors (Lipinski definition) is 4. The van der Waals surface area contributed by atoms with Gasteiger partial charge in [-0.15, -0.1) is 0 Å². The van der Waals surface area contributed by atoms with Crippen molar-refractivity contribution in [3.63, 3.8) is 0 Å². The summed E-state index contributed by atoms with van der Waals surface area (Å²) in [7, 11) is 0. The highest BCUT2D eigenvalue weighted by atomic mass is 19.4. The maximum Gasteiger partial charge on any atom is 0.422 e. The molecule has 1 aliphatic rings. The fourth-order valence-corrected chi connectivity index (χ4v) is 2.92. The van der Waals surface area contributed by atoms with Crippen LogP contribution in [0.3, 0.4) is 0 Å². The molecule has 0 radical (unpaired) electrons. The van der Waals surface area contributed by atoms with Crippen molar-refractivity contribution < 1.29 is 22.7 Å². The third-order valence-corrected chi connectivity index (χ3v) is 4.32. The lowest BCUT2D eigenvalue weighted by Crippen LogP contribution is -2.19. The van der Waals surface area contributed by atoms with Crippen molar-refractivity contribution >= 4 is 5.78 Å². The second-order valence-electron chi connectivity index (χ2n) is 6.32. The summed E-state index contributed by atoms with van der Waals surface area (Å²) in [5.41, 5.74) is 2.49. The van der Waals surface area contributed by atoms with Crippen molar-refractivity contribution in [2.24, 2.45) is 0 Å². The maximum absolute atomic E-state index is 12.3. The van der Waals surface area contributed by atoms with Gasteiger partial charge in [0.15, 0.2) is 12.4 Å². The van der Waals surface area contributed by atoms with Crippen molar-refractivity contribution in [2.75, 3.05) is 19.7 Å². The van der Waals surface area contributed by atoms with Crippen LogP contribution in [0.15, 0.2) is 42.6 Å². The Morgan fingerprint density at radius 1 is 1.19 bits per heavy atom. The summed E-state index contributed by atoms with van der Waals surface area (Å²) < 4.78 is 40.9. The summed E-state index contributed by atoms with van der Waals surface area (Å²) in [6, 6.07) is 10.7. The Hall–Kier alpha value is -2.41. The molecule has 0 amide bonds. The van der Waals surface area contributed by atoms with E-state index in [1.54, 1.807) is 0 Å². The number of Topliss-reactive ketones (excluding diaryl/α,β-unsaturated/α-hetero) is 1. The summed E-state index contributed by atoms with van der Waals surface area (Å²) in [5, 5.41) is 3.33. The lowest BCUT2D eigenvalue weighted by atomic mass is 9.96. The molecule has 2 aromatic rings. The number of carbonyl (C=O) groups is 1. The molecule has 0 saturated carbocycles. The number of pyridine rings is 1. The van der Waals surface area contributed by atoms with Gasteiger partial charge in [0.25, 0.3) is 0 Å². The van der Waals surface area contributed by atoms with Gasteiger partial charge in [-0.25, -0.2) is 4.98 Å². The molecule has 0 spiro atoms. The van der Waals surface area contributed by atoms with Crippen LogP contribution >= 0.6 is 0 Å². The molecule has 138 valence electrons. The molecular formula is C19H19F3N2O2. The highest BCUT2D eigenvalue weighted by Gasteiger charge is 2.28. The van der Waals surface area contributed by atoms with Crippen LogP contribution in [0.4, 0.5) is 13.2 Å². The van der Waals surface area contributed by atoms with Gasteiger partial charge in [0.05, 0.1) is 0 Å². The molecule has 1 N–H and O–H groups in total. The lowest BCUT2D eigenvalue weighted by Gasteiger charge is -2.10. The van der Waals surface area contributed by atoms with Crippen LogP contribution < -0.4 is 10.1 Å². The van der Waals surface area contributed by atoms with Crippen molar-refractivity contribution in [3.8, 4) is 5.88 Å². The number of benzene rings is 1. The number of carbonyl (C=O) groups excluding carboxylic acids is 1. The summed E-state index contributed by atoms with van der Waals surface area (Å²) in [4.78, 5) is 16.1. The first-order valence-electron chi connectivity index (χ1n) is 8.39. The Morgan fingerprint density at radius 3 is 2.54 bits per heavy atom. The van der Waals surface area contributed by atoms with Crippen LogP contribution in [0.1, 0.15) is 33.8 Å². The SMILES string of the molecule is O=C(Cc1ccc(C2CCNC2)cc1)c1ccc(OCC(F)(F)F)nc1. The van der Waals surface area contributed by atoms with E-state index in [0.29, 0.717) is 11.5 Å². The largest absolute Gasteiger partial charge is 0.468 e. The number of alkyl halides is 3. The van der Waals surface area contributed by atoms with Gasteiger partial charge >= 0.3 is 6.18 Å². The fourth-order valence-electron chi connectivity index (χ4n) is 2.92. The van der Waals surface area contributed by atoms with Crippen molar-refractivity contribution in [3.05, 3.63) is 59.3 Å². The summed E-state index contributed by atoms with van der Waals surface area (Å²) in [6.07, 6.45) is -1.84. The van der Waals surface area contributed by atoms with E-state index in [1.807, 2.05) is 24.3 Å². The molecule has 1 atom stereocenters. The number of aromatic nitrogens is 1. The van der Waals surface area contributed by atoms with E-state index in [-0.39, 0.29) is 18.1 Å². The van der Waals surface area contributed by atoms with E-state index in [1.165, 1.54) is 23.9 Å². The molecule has 1 saturated heterocycles. The van der Waals surface area contributed by atoms with Gasteiger partial charge < -0.3 is 10.1 Å². The van der Waals surface area contributed by atoms with Gasteiger partial charge in [0.1, 0.15) is 0 Å². The Balaban J connectivity index is 1.57. The molecular weight excluding hydrogens is 345 g/mol. The zero-order valence-corrected chi connectivity index (χ0v) is 14.1. The molecule has 3 rings (SSSR count). The van der Waals surface area contributed by atoms with Crippen LogP contribution in [0.5, 0.6) is 5.88 Å². The molecule has 1 aliphatic heterocycles. The molecule has 7 heteroatoms. The van der Waals surface area contributed by atoms with Crippen LogP contribution in [-0.4, -0.2) is 36.6 Å². The molecule has 0 aliphatic carbocycles. The smallest absolute Gasteiger partial charge is 0.422 e. The van der Waals surface area contributed by atoms with E-state index in [9.17, 15) is 18.0 Å². The predicted octanol–water partition coefficient (Wildman–Crippen LogP) is 3.53. The zero-order valence-electron chi connectivity index (χ0n) is 14.1. The first-order chi connectivity index (χ1) is 12.4. The zero-order chi connectivity index (χ0) is 18.6. The first kappa shape index (κ1) is 18.4. The van der Waals surface area contributed by atoms with Gasteiger partial charge in [-0.2, -0.15) is 13.2 Å². The third kappa shape index (κ3) is 5.05. The maximum atomic E-state index is 12.3.